The van der Waals surface area contributed by atoms with Gasteiger partial charge in [0.15, 0.2) is 0 Å². The molecule has 0 spiro atoms. The first-order valence-corrected chi connectivity index (χ1v) is 11.0. The molecule has 1 fully saturated rings. The number of halogens is 3. The first-order chi connectivity index (χ1) is 14.0. The lowest BCUT2D eigenvalue weighted by atomic mass is 10.0. The van der Waals surface area contributed by atoms with Gasteiger partial charge in [-0.15, -0.1) is 13.2 Å². The van der Waals surface area contributed by atoms with E-state index in [-0.39, 0.29) is 34.3 Å². The summed E-state index contributed by atoms with van der Waals surface area (Å²) in [6.07, 6.45) is -2.17. The third kappa shape index (κ3) is 5.85. The van der Waals surface area contributed by atoms with Gasteiger partial charge in [0.05, 0.1) is 17.2 Å². The molecule has 2 aromatic rings. The number of nitrogens with zero attached hydrogens (tertiary/aromatic N) is 1. The van der Waals surface area contributed by atoms with E-state index in [4.69, 9.17) is 10.8 Å². The standard InChI is InChI=1S/C19H21F3N4O3S/c20-19(21,22)29-16-3-1-2-14(10-16)18(24)26-12-15(4-5-17(26)23)25-11-13-6-8-30(27,28)9-7-13/h1-5,10,12-13,23-25H,6-9,11H2. The van der Waals surface area contributed by atoms with E-state index >= 15 is 0 Å². The lowest BCUT2D eigenvalue weighted by Crippen LogP contribution is -2.29. The number of nitrogens with one attached hydrogen (secondary N) is 3. The number of hydrogen-bond donors (Lipinski definition) is 3. The Balaban J connectivity index is 1.73. The summed E-state index contributed by atoms with van der Waals surface area (Å²) in [6.45, 7) is 0.551. The fraction of sp³-hybridized carbons (Fsp3) is 0.368. The molecule has 0 atom stereocenters. The van der Waals surface area contributed by atoms with Crippen molar-refractivity contribution in [1.82, 2.24) is 4.57 Å². The molecule has 0 saturated carbocycles. The van der Waals surface area contributed by atoms with E-state index in [9.17, 15) is 21.6 Å². The summed E-state index contributed by atoms with van der Waals surface area (Å²) in [4.78, 5) is 0. The normalized spacial score (nSPS) is 16.8. The molecule has 0 unspecified atom stereocenters. The second-order valence-corrected chi connectivity index (χ2v) is 9.38. The van der Waals surface area contributed by atoms with Crippen LogP contribution in [0.5, 0.6) is 5.75 Å². The number of benzene rings is 1. The Labute approximate surface area is 171 Å². The van der Waals surface area contributed by atoms with Crippen LogP contribution in [0.4, 0.5) is 18.9 Å². The second kappa shape index (κ2) is 8.50. The summed E-state index contributed by atoms with van der Waals surface area (Å²) in [5.74, 6) is -0.0791. The first-order valence-electron chi connectivity index (χ1n) is 9.19. The molecular weight excluding hydrogens is 421 g/mol. The smallest absolute Gasteiger partial charge is 0.406 e. The molecule has 0 amide bonds. The minimum atomic E-state index is -4.84. The van der Waals surface area contributed by atoms with Crippen LogP contribution in [0.3, 0.4) is 0 Å². The van der Waals surface area contributed by atoms with Crippen molar-refractivity contribution in [3.63, 3.8) is 0 Å². The molecule has 11 heteroatoms. The zero-order valence-corrected chi connectivity index (χ0v) is 16.7. The fourth-order valence-electron chi connectivity index (χ4n) is 3.18. The van der Waals surface area contributed by atoms with Gasteiger partial charge in [0.25, 0.3) is 0 Å². The van der Waals surface area contributed by atoms with Crippen molar-refractivity contribution in [3.05, 3.63) is 53.6 Å². The third-order valence-corrected chi connectivity index (χ3v) is 6.51. The van der Waals surface area contributed by atoms with Gasteiger partial charge in [0.2, 0.25) is 0 Å². The number of alkyl halides is 3. The van der Waals surface area contributed by atoms with Gasteiger partial charge in [-0.3, -0.25) is 15.4 Å². The van der Waals surface area contributed by atoms with Gasteiger partial charge in [0.1, 0.15) is 26.9 Å². The summed E-state index contributed by atoms with van der Waals surface area (Å²) in [5, 5.41) is 19.5. The molecule has 1 aromatic heterocycles. The summed E-state index contributed by atoms with van der Waals surface area (Å²) in [6, 6.07) is 8.16. The van der Waals surface area contributed by atoms with Gasteiger partial charge >= 0.3 is 6.36 Å². The number of aromatic nitrogens is 1. The highest BCUT2D eigenvalue weighted by Gasteiger charge is 2.31. The minimum absolute atomic E-state index is 0.0172. The molecule has 1 saturated heterocycles. The van der Waals surface area contributed by atoms with Crippen molar-refractivity contribution in [2.24, 2.45) is 5.92 Å². The van der Waals surface area contributed by atoms with Crippen LogP contribution >= 0.6 is 0 Å². The average molecular weight is 442 g/mol. The highest BCUT2D eigenvalue weighted by molar-refractivity contribution is 7.91. The van der Waals surface area contributed by atoms with Crippen molar-refractivity contribution in [1.29, 1.82) is 10.8 Å². The Hall–Kier alpha value is -2.82. The Morgan fingerprint density at radius 2 is 1.90 bits per heavy atom. The van der Waals surface area contributed by atoms with Crippen LogP contribution < -0.4 is 15.5 Å². The fourth-order valence-corrected chi connectivity index (χ4v) is 4.76. The van der Waals surface area contributed by atoms with Crippen LogP contribution in [0.1, 0.15) is 18.4 Å². The first kappa shape index (κ1) is 21.9. The predicted molar refractivity (Wildman–Crippen MR) is 106 cm³/mol. The molecule has 162 valence electrons. The molecule has 7 nitrogen and oxygen atoms in total. The third-order valence-electron chi connectivity index (χ3n) is 4.80. The number of sulfone groups is 1. The Bertz CT molecular complexity index is 1080. The number of rotatable bonds is 5. The van der Waals surface area contributed by atoms with Crippen LogP contribution in [0.25, 0.3) is 0 Å². The SMILES string of the molecule is N=C(c1cccc(OC(F)(F)F)c1)n1cc(NCC2CCS(=O)(=O)CC2)ccc1=N. The summed E-state index contributed by atoms with van der Waals surface area (Å²) >= 11 is 0. The van der Waals surface area contributed by atoms with Crippen LogP contribution in [0.2, 0.25) is 0 Å². The molecule has 0 bridgehead atoms. The molecule has 1 aliphatic rings. The molecule has 30 heavy (non-hydrogen) atoms. The Morgan fingerprint density at radius 3 is 2.57 bits per heavy atom. The number of pyridine rings is 1. The van der Waals surface area contributed by atoms with E-state index in [1.54, 1.807) is 6.07 Å². The van der Waals surface area contributed by atoms with Gasteiger partial charge in [0, 0.05) is 18.3 Å². The maximum atomic E-state index is 12.4. The van der Waals surface area contributed by atoms with E-state index in [2.05, 4.69) is 10.1 Å². The molecule has 0 aliphatic carbocycles. The molecule has 2 heterocycles. The number of anilines is 1. The quantitative estimate of drug-likeness (QED) is 0.489. The Morgan fingerprint density at radius 1 is 1.20 bits per heavy atom. The number of hydrogen-bond acceptors (Lipinski definition) is 6. The van der Waals surface area contributed by atoms with Crippen LogP contribution in [0.15, 0.2) is 42.6 Å². The summed E-state index contributed by atoms with van der Waals surface area (Å²) in [7, 11) is -2.93. The maximum Gasteiger partial charge on any atom is 0.573 e. The van der Waals surface area contributed by atoms with E-state index in [1.165, 1.54) is 29.0 Å². The van der Waals surface area contributed by atoms with Gasteiger partial charge in [-0.25, -0.2) is 8.42 Å². The van der Waals surface area contributed by atoms with E-state index < -0.39 is 21.9 Å². The highest BCUT2D eigenvalue weighted by atomic mass is 32.2. The van der Waals surface area contributed by atoms with E-state index in [0.29, 0.717) is 25.1 Å². The molecule has 0 radical (unpaired) electrons. The maximum absolute atomic E-state index is 12.4. The van der Waals surface area contributed by atoms with E-state index in [1.807, 2.05) is 0 Å². The molecule has 1 aliphatic heterocycles. The minimum Gasteiger partial charge on any atom is -0.406 e. The summed E-state index contributed by atoms with van der Waals surface area (Å²) < 4.78 is 65.5. The van der Waals surface area contributed by atoms with Crippen molar-refractivity contribution in [2.45, 2.75) is 19.2 Å². The molecule has 1 aromatic carbocycles. The van der Waals surface area contributed by atoms with Gasteiger partial charge in [-0.05, 0) is 43.0 Å². The zero-order chi connectivity index (χ0) is 21.9. The average Bonchev–Trinajstić information content (AvgIpc) is 2.66. The lowest BCUT2D eigenvalue weighted by molar-refractivity contribution is -0.274. The second-order valence-electron chi connectivity index (χ2n) is 7.07. The highest BCUT2D eigenvalue weighted by Crippen LogP contribution is 2.24. The van der Waals surface area contributed by atoms with Crippen LogP contribution in [-0.2, 0) is 9.84 Å². The summed E-state index contributed by atoms with van der Waals surface area (Å²) in [5.41, 5.74) is 0.758. The van der Waals surface area contributed by atoms with Crippen molar-refractivity contribution >= 4 is 21.4 Å². The predicted octanol–water partition coefficient (Wildman–Crippen LogP) is 2.98. The van der Waals surface area contributed by atoms with Gasteiger partial charge in [-0.2, -0.15) is 0 Å². The lowest BCUT2D eigenvalue weighted by Gasteiger charge is -2.22. The van der Waals surface area contributed by atoms with Gasteiger partial charge in [-0.1, -0.05) is 12.1 Å². The monoisotopic (exact) mass is 442 g/mol. The van der Waals surface area contributed by atoms with Crippen molar-refractivity contribution < 1.29 is 26.3 Å². The molecule has 3 rings (SSSR count). The van der Waals surface area contributed by atoms with Gasteiger partial charge < -0.3 is 10.1 Å². The zero-order valence-electron chi connectivity index (χ0n) is 15.9. The van der Waals surface area contributed by atoms with Crippen molar-refractivity contribution in [3.8, 4) is 5.75 Å². The largest absolute Gasteiger partial charge is 0.573 e. The number of ether oxygens (including phenoxy) is 1. The topological polar surface area (TPSA) is 108 Å². The molecular formula is C19H21F3N4O3S. The van der Waals surface area contributed by atoms with E-state index in [0.717, 1.165) is 12.1 Å². The van der Waals surface area contributed by atoms with Crippen LogP contribution in [0, 0.1) is 16.7 Å². The van der Waals surface area contributed by atoms with Crippen LogP contribution in [-0.4, -0.2) is 43.2 Å². The Kier molecular flexibility index (Phi) is 6.20. The molecule has 3 N–H and O–H groups in total. The van der Waals surface area contributed by atoms with Crippen molar-refractivity contribution in [2.75, 3.05) is 23.4 Å².